The molecule has 0 unspecified atom stereocenters. The Bertz CT molecular complexity index is 177. The van der Waals surface area contributed by atoms with Gasteiger partial charge >= 0.3 is 0 Å². The maximum absolute atomic E-state index is 12.0. The van der Waals surface area contributed by atoms with E-state index in [1.807, 2.05) is 0 Å². The Balaban J connectivity index is 2.86. The number of nitrogens with zero attached hydrogens (tertiary/aromatic N) is 2. The van der Waals surface area contributed by atoms with E-state index in [2.05, 4.69) is 11.0 Å². The zero-order valence-corrected chi connectivity index (χ0v) is 4.43. The lowest BCUT2D eigenvalue weighted by molar-refractivity contribution is 0.484. The molecule has 1 aliphatic heterocycles. The molecule has 1 heterocycles. The molecule has 0 spiro atoms. The number of halogens is 1. The van der Waals surface area contributed by atoms with Gasteiger partial charge in [-0.3, -0.25) is 5.01 Å². The lowest BCUT2D eigenvalue weighted by Crippen LogP contribution is -2.02. The topological polar surface area (TPSA) is 15.6 Å². The van der Waals surface area contributed by atoms with Crippen LogP contribution in [0.1, 0.15) is 0 Å². The van der Waals surface area contributed by atoms with Gasteiger partial charge in [-0.2, -0.15) is 4.39 Å². The highest BCUT2D eigenvalue weighted by Gasteiger charge is 1.91. The lowest BCUT2D eigenvalue weighted by Gasteiger charge is -2.03. The molecule has 0 amide bonds. The summed E-state index contributed by atoms with van der Waals surface area (Å²) in [7, 11) is 1.70. The van der Waals surface area contributed by atoms with Crippen molar-refractivity contribution in [3.05, 3.63) is 18.1 Å². The lowest BCUT2D eigenvalue weighted by atomic mass is 10.5. The Morgan fingerprint density at radius 2 is 2.62 bits per heavy atom. The highest BCUT2D eigenvalue weighted by Crippen LogP contribution is 1.98. The van der Waals surface area contributed by atoms with Gasteiger partial charge in [-0.25, -0.2) is 0 Å². The fraction of sp³-hybridized carbons (Fsp3) is 0.200. The van der Waals surface area contributed by atoms with Crippen LogP contribution < -0.4 is 0 Å². The number of hydrogen-bond acceptors (Lipinski definition) is 2. The van der Waals surface area contributed by atoms with E-state index in [9.17, 15) is 4.39 Å². The third kappa shape index (κ3) is 0.950. The summed E-state index contributed by atoms with van der Waals surface area (Å²) in [5.74, 6) is 1.72. The standard InChI is InChI=1S/C5H5FN2/c1-8-3-2-5(6)4-7-8/h2-3H,1H3. The van der Waals surface area contributed by atoms with Crippen LogP contribution in [0.15, 0.2) is 23.2 Å². The minimum absolute atomic E-state index is 0.428. The van der Waals surface area contributed by atoms with Gasteiger partial charge in [0.25, 0.3) is 0 Å². The minimum Gasteiger partial charge on any atom is -0.268 e. The first-order valence-electron chi connectivity index (χ1n) is 2.19. The molecular weight excluding hydrogens is 107 g/mol. The molecule has 1 aliphatic rings. The van der Waals surface area contributed by atoms with E-state index in [1.54, 1.807) is 7.05 Å². The first kappa shape index (κ1) is 5.06. The molecule has 0 atom stereocenters. The number of hydrogen-bond donors (Lipinski definition) is 0. The van der Waals surface area contributed by atoms with Crippen molar-refractivity contribution >= 4 is 5.87 Å². The quantitative estimate of drug-likeness (QED) is 0.454. The largest absolute Gasteiger partial charge is 0.268 e. The van der Waals surface area contributed by atoms with Crippen molar-refractivity contribution in [2.24, 2.45) is 5.10 Å². The summed E-state index contributed by atoms with van der Waals surface area (Å²) >= 11 is 0. The molecule has 0 fully saturated rings. The molecule has 0 radical (unpaired) electrons. The van der Waals surface area contributed by atoms with Crippen molar-refractivity contribution in [3.63, 3.8) is 0 Å². The monoisotopic (exact) mass is 112 g/mol. The van der Waals surface area contributed by atoms with Crippen LogP contribution in [0, 0.1) is 0 Å². The molecule has 0 aromatic rings. The molecule has 3 heteroatoms. The van der Waals surface area contributed by atoms with E-state index in [0.29, 0.717) is 0 Å². The molecular formula is C5H5FN2. The smallest absolute Gasteiger partial charge is 0.187 e. The molecule has 0 bridgehead atoms. The van der Waals surface area contributed by atoms with Crippen molar-refractivity contribution in [2.45, 2.75) is 0 Å². The molecule has 0 aromatic carbocycles. The van der Waals surface area contributed by atoms with E-state index in [-0.39, 0.29) is 0 Å². The van der Waals surface area contributed by atoms with Crippen molar-refractivity contribution in [2.75, 3.05) is 7.05 Å². The molecule has 0 saturated carbocycles. The van der Waals surface area contributed by atoms with Gasteiger partial charge in [-0.05, 0) is 0 Å². The predicted octanol–water partition coefficient (Wildman–Crippen LogP) is 0.884. The average Bonchev–Trinajstić information content (AvgIpc) is 1.77. The molecule has 0 N–H and O–H groups in total. The molecule has 42 valence electrons. The van der Waals surface area contributed by atoms with Crippen LogP contribution in [0.5, 0.6) is 0 Å². The van der Waals surface area contributed by atoms with Gasteiger partial charge < -0.3 is 0 Å². The van der Waals surface area contributed by atoms with Crippen LogP contribution in [0.4, 0.5) is 4.39 Å². The van der Waals surface area contributed by atoms with Crippen LogP contribution in [0.25, 0.3) is 0 Å². The van der Waals surface area contributed by atoms with Crippen molar-refractivity contribution in [3.8, 4) is 0 Å². The predicted molar refractivity (Wildman–Crippen MR) is 29.0 cm³/mol. The Hall–Kier alpha value is -1.08. The zero-order chi connectivity index (χ0) is 5.98. The second kappa shape index (κ2) is 1.80. The van der Waals surface area contributed by atoms with Crippen LogP contribution in [-0.4, -0.2) is 17.9 Å². The maximum Gasteiger partial charge on any atom is 0.187 e. The van der Waals surface area contributed by atoms with Crippen LogP contribution in [-0.2, 0) is 0 Å². The van der Waals surface area contributed by atoms with Crippen molar-refractivity contribution < 1.29 is 4.39 Å². The SMILES string of the molecule is CN1C=CC(F)=C=N1. The van der Waals surface area contributed by atoms with Crippen molar-refractivity contribution in [1.82, 2.24) is 5.01 Å². The zero-order valence-electron chi connectivity index (χ0n) is 4.43. The van der Waals surface area contributed by atoms with Gasteiger partial charge in [0.15, 0.2) is 5.83 Å². The second-order valence-electron chi connectivity index (χ2n) is 1.45. The Kier molecular flexibility index (Phi) is 1.14. The van der Waals surface area contributed by atoms with E-state index < -0.39 is 5.83 Å². The Morgan fingerprint density at radius 1 is 1.88 bits per heavy atom. The third-order valence-electron chi connectivity index (χ3n) is 0.751. The summed E-state index contributed by atoms with van der Waals surface area (Å²) < 4.78 is 12.0. The normalized spacial score (nSPS) is 16.8. The van der Waals surface area contributed by atoms with Gasteiger partial charge in [0.1, 0.15) is 0 Å². The number of allylic oxidation sites excluding steroid dienone is 2. The van der Waals surface area contributed by atoms with Crippen LogP contribution in [0.2, 0.25) is 0 Å². The summed E-state index contributed by atoms with van der Waals surface area (Å²) in [5.41, 5.74) is 0. The third-order valence-corrected chi connectivity index (χ3v) is 0.751. The number of hydrazone groups is 1. The molecule has 0 aromatic heterocycles. The maximum atomic E-state index is 12.0. The highest BCUT2D eigenvalue weighted by molar-refractivity contribution is 5.59. The summed E-state index contributed by atoms with van der Waals surface area (Å²) in [6.45, 7) is 0. The molecule has 0 saturated heterocycles. The van der Waals surface area contributed by atoms with Crippen LogP contribution in [0.3, 0.4) is 0 Å². The van der Waals surface area contributed by atoms with Crippen molar-refractivity contribution in [1.29, 1.82) is 0 Å². The van der Waals surface area contributed by atoms with Gasteiger partial charge in [0, 0.05) is 25.2 Å². The molecule has 2 nitrogen and oxygen atoms in total. The molecule has 8 heavy (non-hydrogen) atoms. The van der Waals surface area contributed by atoms with Gasteiger partial charge in [-0.1, -0.05) is 0 Å². The van der Waals surface area contributed by atoms with Gasteiger partial charge in [0.2, 0.25) is 0 Å². The van der Waals surface area contributed by atoms with E-state index >= 15 is 0 Å². The summed E-state index contributed by atoms with van der Waals surface area (Å²) in [6.07, 6.45) is 2.82. The summed E-state index contributed by atoms with van der Waals surface area (Å²) in [4.78, 5) is 0. The second-order valence-corrected chi connectivity index (χ2v) is 1.45. The first-order chi connectivity index (χ1) is 3.79. The molecule has 0 aliphatic carbocycles. The van der Waals surface area contributed by atoms with E-state index in [0.717, 1.165) is 0 Å². The fourth-order valence-electron chi connectivity index (χ4n) is 0.371. The van der Waals surface area contributed by atoms with Gasteiger partial charge in [0.05, 0.1) is 0 Å². The van der Waals surface area contributed by atoms with Gasteiger partial charge in [-0.15, -0.1) is 5.10 Å². The van der Waals surface area contributed by atoms with E-state index in [1.165, 1.54) is 17.3 Å². The summed E-state index contributed by atoms with van der Waals surface area (Å²) in [5, 5.41) is 4.97. The average molecular weight is 112 g/mol. The summed E-state index contributed by atoms with van der Waals surface area (Å²) in [6, 6.07) is 0. The van der Waals surface area contributed by atoms with Crippen LogP contribution >= 0.6 is 0 Å². The minimum atomic E-state index is -0.428. The number of rotatable bonds is 0. The molecule has 1 rings (SSSR count). The Morgan fingerprint density at radius 3 is 3.00 bits per heavy atom. The Labute approximate surface area is 46.6 Å². The highest BCUT2D eigenvalue weighted by atomic mass is 19.1. The first-order valence-corrected chi connectivity index (χ1v) is 2.19. The fourth-order valence-corrected chi connectivity index (χ4v) is 0.371. The van der Waals surface area contributed by atoms with E-state index in [4.69, 9.17) is 0 Å².